The molecule has 1 aromatic carbocycles. The molecule has 3 heteroatoms. The summed E-state index contributed by atoms with van der Waals surface area (Å²) in [6.45, 7) is 9.03. The first-order chi connectivity index (χ1) is 7.78. The Kier molecular flexibility index (Phi) is 3.03. The third-order valence-corrected chi connectivity index (χ3v) is 4.62. The fraction of sp³-hybridized carbons (Fsp3) is 0.571. The molecule has 2 nitrogen and oxygen atoms in total. The molecule has 0 fully saturated rings. The molecule has 1 N–H and O–H groups in total. The number of fused-ring (bicyclic) bond motifs is 1. The number of halogens is 1. The van der Waals surface area contributed by atoms with E-state index in [0.29, 0.717) is 5.75 Å². The Bertz CT molecular complexity index is 450. The minimum atomic E-state index is 0.138. The Hall–Kier alpha value is -0.540. The van der Waals surface area contributed by atoms with E-state index in [4.69, 9.17) is 5.26 Å². The minimum Gasteiger partial charge on any atom is -0.339 e. The lowest BCUT2D eigenvalue weighted by Gasteiger charge is -2.42. The van der Waals surface area contributed by atoms with Gasteiger partial charge in [0.1, 0.15) is 0 Å². The van der Waals surface area contributed by atoms with Crippen LogP contribution in [0.3, 0.4) is 0 Å². The summed E-state index contributed by atoms with van der Waals surface area (Å²) in [5, 5.41) is 8.89. The van der Waals surface area contributed by atoms with E-state index in [2.05, 4.69) is 54.6 Å². The standard InChI is InChI=1S/C14H19BrO2/c1-13(2)5-6-14(3,4)10-8-12(17-16)11(15)7-9(10)13/h7-8,16H,5-6H2,1-4H3. The second-order valence-corrected chi connectivity index (χ2v) is 7.04. The van der Waals surface area contributed by atoms with E-state index < -0.39 is 0 Å². The second-order valence-electron chi connectivity index (χ2n) is 6.19. The van der Waals surface area contributed by atoms with Gasteiger partial charge in [0.15, 0.2) is 5.75 Å². The summed E-state index contributed by atoms with van der Waals surface area (Å²) in [7, 11) is 0. The van der Waals surface area contributed by atoms with Crippen LogP contribution in [0.5, 0.6) is 5.75 Å². The molecule has 0 bridgehead atoms. The third kappa shape index (κ3) is 2.11. The summed E-state index contributed by atoms with van der Waals surface area (Å²) < 4.78 is 0.810. The molecule has 94 valence electrons. The largest absolute Gasteiger partial charge is 0.339 e. The molecule has 0 saturated heterocycles. The van der Waals surface area contributed by atoms with Crippen LogP contribution in [0.15, 0.2) is 16.6 Å². The molecule has 1 aliphatic rings. The minimum absolute atomic E-state index is 0.138. The van der Waals surface area contributed by atoms with Crippen molar-refractivity contribution in [2.45, 2.75) is 51.4 Å². The normalized spacial score (nSPS) is 20.8. The van der Waals surface area contributed by atoms with Gasteiger partial charge in [0.2, 0.25) is 0 Å². The van der Waals surface area contributed by atoms with Crippen molar-refractivity contribution in [1.82, 2.24) is 0 Å². The van der Waals surface area contributed by atoms with Gasteiger partial charge in [0.05, 0.1) is 4.47 Å². The summed E-state index contributed by atoms with van der Waals surface area (Å²) in [4.78, 5) is 4.43. The zero-order valence-corrected chi connectivity index (χ0v) is 12.4. The molecule has 0 heterocycles. The Morgan fingerprint density at radius 2 is 1.53 bits per heavy atom. The lowest BCUT2D eigenvalue weighted by molar-refractivity contribution is -0.138. The predicted octanol–water partition coefficient (Wildman–Crippen LogP) is 4.65. The van der Waals surface area contributed by atoms with Crippen molar-refractivity contribution in [1.29, 1.82) is 0 Å². The fourth-order valence-corrected chi connectivity index (χ4v) is 3.05. The molecule has 0 radical (unpaired) electrons. The lowest BCUT2D eigenvalue weighted by Crippen LogP contribution is -2.33. The number of benzene rings is 1. The van der Waals surface area contributed by atoms with Crippen LogP contribution in [0.25, 0.3) is 0 Å². The van der Waals surface area contributed by atoms with Gasteiger partial charge in [-0.1, -0.05) is 27.7 Å². The highest BCUT2D eigenvalue weighted by Crippen LogP contribution is 2.48. The highest BCUT2D eigenvalue weighted by atomic mass is 79.9. The van der Waals surface area contributed by atoms with Gasteiger partial charge in [-0.25, -0.2) is 5.26 Å². The van der Waals surface area contributed by atoms with Crippen LogP contribution in [0.1, 0.15) is 51.7 Å². The molecule has 1 aliphatic carbocycles. The SMILES string of the molecule is CC1(C)CCC(C)(C)c2cc(OO)c(Br)cc21. The smallest absolute Gasteiger partial charge is 0.179 e. The van der Waals surface area contributed by atoms with Gasteiger partial charge in [0.25, 0.3) is 0 Å². The monoisotopic (exact) mass is 298 g/mol. The molecule has 1 aromatic rings. The van der Waals surface area contributed by atoms with Crippen molar-refractivity contribution >= 4 is 15.9 Å². The highest BCUT2D eigenvalue weighted by molar-refractivity contribution is 9.10. The van der Waals surface area contributed by atoms with E-state index in [9.17, 15) is 0 Å². The summed E-state index contributed by atoms with van der Waals surface area (Å²) >= 11 is 3.44. The van der Waals surface area contributed by atoms with E-state index in [-0.39, 0.29) is 10.8 Å². The Morgan fingerprint density at radius 3 is 2.00 bits per heavy atom. The van der Waals surface area contributed by atoms with E-state index >= 15 is 0 Å². The Balaban J connectivity index is 2.68. The molecule has 0 atom stereocenters. The second kappa shape index (κ2) is 3.99. The van der Waals surface area contributed by atoms with Crippen LogP contribution >= 0.6 is 15.9 Å². The summed E-state index contributed by atoms with van der Waals surface area (Å²) in [5.74, 6) is 0.495. The van der Waals surface area contributed by atoms with Crippen LogP contribution in [0.4, 0.5) is 0 Å². The Labute approximate surface area is 111 Å². The van der Waals surface area contributed by atoms with E-state index in [1.54, 1.807) is 0 Å². The molecule has 0 unspecified atom stereocenters. The maximum Gasteiger partial charge on any atom is 0.179 e. The van der Waals surface area contributed by atoms with Crippen molar-refractivity contribution in [3.63, 3.8) is 0 Å². The van der Waals surface area contributed by atoms with Gasteiger partial charge in [-0.15, -0.1) is 0 Å². The van der Waals surface area contributed by atoms with Crippen LogP contribution in [-0.2, 0) is 10.8 Å². The number of hydrogen-bond donors (Lipinski definition) is 1. The maximum atomic E-state index is 8.89. The quantitative estimate of drug-likeness (QED) is 0.604. The van der Waals surface area contributed by atoms with Crippen molar-refractivity contribution < 1.29 is 10.1 Å². The number of rotatable bonds is 1. The van der Waals surface area contributed by atoms with Gasteiger partial charge >= 0.3 is 0 Å². The van der Waals surface area contributed by atoms with Crippen molar-refractivity contribution in [2.75, 3.05) is 0 Å². The molecule has 0 saturated carbocycles. The van der Waals surface area contributed by atoms with Crippen LogP contribution in [0.2, 0.25) is 0 Å². The zero-order valence-electron chi connectivity index (χ0n) is 10.8. The van der Waals surface area contributed by atoms with Crippen molar-refractivity contribution in [2.24, 2.45) is 0 Å². The van der Waals surface area contributed by atoms with E-state index in [1.807, 2.05) is 6.07 Å². The average molecular weight is 299 g/mol. The van der Waals surface area contributed by atoms with Crippen LogP contribution < -0.4 is 4.89 Å². The molecule has 0 spiro atoms. The van der Waals surface area contributed by atoms with Crippen LogP contribution in [-0.4, -0.2) is 5.26 Å². The third-order valence-electron chi connectivity index (χ3n) is 4.00. The molecule has 0 amide bonds. The predicted molar refractivity (Wildman–Crippen MR) is 72.7 cm³/mol. The number of hydrogen-bond acceptors (Lipinski definition) is 2. The molecular weight excluding hydrogens is 280 g/mol. The van der Waals surface area contributed by atoms with E-state index in [0.717, 1.165) is 10.9 Å². The first-order valence-corrected chi connectivity index (χ1v) is 6.73. The van der Waals surface area contributed by atoms with Gasteiger partial charge in [0, 0.05) is 0 Å². The molecule has 2 rings (SSSR count). The lowest BCUT2D eigenvalue weighted by atomic mass is 9.63. The zero-order chi connectivity index (χ0) is 12.8. The first-order valence-electron chi connectivity index (χ1n) is 5.94. The first kappa shape index (κ1) is 12.9. The summed E-state index contributed by atoms with van der Waals surface area (Å²) in [5.41, 5.74) is 2.95. The summed E-state index contributed by atoms with van der Waals surface area (Å²) in [6.07, 6.45) is 2.33. The average Bonchev–Trinajstić information content (AvgIpc) is 2.24. The van der Waals surface area contributed by atoms with Crippen molar-refractivity contribution in [3.05, 3.63) is 27.7 Å². The maximum absolute atomic E-state index is 8.89. The van der Waals surface area contributed by atoms with Gasteiger partial charge in [-0.05, 0) is 62.9 Å². The molecular formula is C14H19BrO2. The molecule has 17 heavy (non-hydrogen) atoms. The van der Waals surface area contributed by atoms with Gasteiger partial charge < -0.3 is 4.89 Å². The van der Waals surface area contributed by atoms with Crippen LogP contribution in [0, 0.1) is 0 Å². The Morgan fingerprint density at radius 1 is 1.06 bits per heavy atom. The summed E-state index contributed by atoms with van der Waals surface area (Å²) in [6, 6.07) is 4.04. The molecule has 0 aromatic heterocycles. The van der Waals surface area contributed by atoms with Crippen molar-refractivity contribution in [3.8, 4) is 5.75 Å². The highest BCUT2D eigenvalue weighted by Gasteiger charge is 2.37. The van der Waals surface area contributed by atoms with E-state index in [1.165, 1.54) is 17.5 Å². The topological polar surface area (TPSA) is 29.5 Å². The fourth-order valence-electron chi connectivity index (χ4n) is 2.64. The van der Waals surface area contributed by atoms with Gasteiger partial charge in [-0.3, -0.25) is 0 Å². The molecule has 0 aliphatic heterocycles. The van der Waals surface area contributed by atoms with Gasteiger partial charge in [-0.2, -0.15) is 0 Å².